The highest BCUT2D eigenvalue weighted by atomic mass is 16.5. The van der Waals surface area contributed by atoms with Crippen molar-refractivity contribution in [2.75, 3.05) is 25.5 Å². The number of hydrogen-bond acceptors (Lipinski definition) is 8. The second-order valence-corrected chi connectivity index (χ2v) is 9.13. The molecule has 0 atom stereocenters. The van der Waals surface area contributed by atoms with Gasteiger partial charge in [0.05, 0.1) is 30.0 Å². The van der Waals surface area contributed by atoms with Crippen LogP contribution in [0.25, 0.3) is 5.57 Å². The van der Waals surface area contributed by atoms with Crippen molar-refractivity contribution >= 4 is 17.0 Å². The molecule has 0 amide bonds. The summed E-state index contributed by atoms with van der Waals surface area (Å²) in [4.78, 5) is 11.7. The van der Waals surface area contributed by atoms with Crippen LogP contribution in [0.15, 0.2) is 89.2 Å². The molecule has 2 heterocycles. The number of aromatic nitrogens is 1. The minimum atomic E-state index is 0.160. The molecule has 8 nitrogen and oxygen atoms in total. The van der Waals surface area contributed by atoms with Crippen LogP contribution in [0.3, 0.4) is 0 Å². The maximum atomic E-state index is 6.04. The zero-order valence-electron chi connectivity index (χ0n) is 22.2. The Bertz CT molecular complexity index is 1200. The fourth-order valence-electron chi connectivity index (χ4n) is 4.05. The first-order valence-electron chi connectivity index (χ1n) is 12.5. The van der Waals surface area contributed by atoms with Crippen molar-refractivity contribution in [2.45, 2.75) is 33.7 Å². The number of hydrogen-bond donors (Lipinski definition) is 4. The van der Waals surface area contributed by atoms with Crippen LogP contribution in [0, 0.1) is 5.92 Å². The van der Waals surface area contributed by atoms with Gasteiger partial charge in [0.25, 0.3) is 0 Å². The second-order valence-electron chi connectivity index (χ2n) is 9.13. The van der Waals surface area contributed by atoms with Gasteiger partial charge in [-0.25, -0.2) is 0 Å². The Morgan fingerprint density at radius 3 is 2.57 bits per heavy atom. The Morgan fingerprint density at radius 2 is 1.95 bits per heavy atom. The highest BCUT2D eigenvalue weighted by Gasteiger charge is 2.28. The molecule has 0 unspecified atom stereocenters. The minimum absolute atomic E-state index is 0.160. The number of pyridine rings is 1. The molecule has 1 aromatic heterocycles. The third kappa shape index (κ3) is 7.72. The number of ether oxygens (including phenoxy) is 1. The van der Waals surface area contributed by atoms with E-state index < -0.39 is 0 Å². The Kier molecular flexibility index (Phi) is 9.92. The van der Waals surface area contributed by atoms with E-state index in [0.29, 0.717) is 23.1 Å². The van der Waals surface area contributed by atoms with Crippen molar-refractivity contribution < 1.29 is 4.74 Å². The molecule has 1 aliphatic rings. The molecule has 0 radical (unpaired) electrons. The molecule has 1 aromatic carbocycles. The van der Waals surface area contributed by atoms with Crippen LogP contribution in [0.5, 0.6) is 5.75 Å². The van der Waals surface area contributed by atoms with Crippen LogP contribution in [0.1, 0.15) is 38.4 Å². The Morgan fingerprint density at radius 1 is 1.16 bits per heavy atom. The molecular formula is C29H39N7O. The van der Waals surface area contributed by atoms with E-state index in [1.54, 1.807) is 20.1 Å². The van der Waals surface area contributed by atoms with E-state index in [1.165, 1.54) is 0 Å². The molecule has 0 saturated carbocycles. The number of likely N-dealkylation sites (tertiary alicyclic amines) is 1. The van der Waals surface area contributed by atoms with Gasteiger partial charge in [-0.05, 0) is 38.5 Å². The first-order valence-corrected chi connectivity index (χ1v) is 12.5. The molecule has 1 aliphatic heterocycles. The number of methoxy groups -OCH3 is 1. The standard InChI is InChI=1S/C29H39N7O/c1-5-6-10-22(16-34-21(3)23-17-36(18-23)19-24-11-7-8-14-33-24)25-12-9-13-26(29(25)37-4)35-27(20(2)30)15-28(31)32/h6-16,23,35H,5,17-19,30-32H2,1-4H3/b10-6+,22-16+,27-20+,34-21?. The lowest BCUT2D eigenvalue weighted by atomic mass is 9.95. The highest BCUT2D eigenvalue weighted by Crippen LogP contribution is 2.35. The van der Waals surface area contributed by atoms with Crippen LogP contribution in [0.2, 0.25) is 0 Å². The van der Waals surface area contributed by atoms with Crippen molar-refractivity contribution in [3.05, 3.63) is 95.5 Å². The van der Waals surface area contributed by atoms with E-state index in [4.69, 9.17) is 26.9 Å². The fourth-order valence-corrected chi connectivity index (χ4v) is 4.05. The molecule has 0 bridgehead atoms. The molecule has 0 spiro atoms. The lowest BCUT2D eigenvalue weighted by molar-refractivity contribution is 0.131. The van der Waals surface area contributed by atoms with Gasteiger partial charge in [-0.2, -0.15) is 0 Å². The van der Waals surface area contributed by atoms with E-state index >= 15 is 0 Å². The molecule has 7 N–H and O–H groups in total. The van der Waals surface area contributed by atoms with E-state index in [0.717, 1.165) is 54.3 Å². The first kappa shape index (κ1) is 27.5. The number of nitrogens with one attached hydrogen (secondary N) is 1. The molecule has 1 saturated heterocycles. The normalized spacial score (nSPS) is 15.8. The van der Waals surface area contributed by atoms with Gasteiger partial charge in [0.2, 0.25) is 0 Å². The fraction of sp³-hybridized carbons (Fsp3) is 0.310. The first-order chi connectivity index (χ1) is 17.8. The largest absolute Gasteiger partial charge is 0.494 e. The van der Waals surface area contributed by atoms with E-state index in [-0.39, 0.29) is 5.82 Å². The van der Waals surface area contributed by atoms with Crippen LogP contribution in [-0.2, 0) is 6.54 Å². The summed E-state index contributed by atoms with van der Waals surface area (Å²) in [7, 11) is 1.65. The van der Waals surface area contributed by atoms with Gasteiger partial charge >= 0.3 is 0 Å². The molecule has 37 heavy (non-hydrogen) atoms. The molecule has 0 aliphatic carbocycles. The van der Waals surface area contributed by atoms with E-state index in [9.17, 15) is 0 Å². The zero-order valence-corrected chi connectivity index (χ0v) is 22.2. The number of nitrogens with two attached hydrogens (primary N) is 3. The Labute approximate surface area is 220 Å². The monoisotopic (exact) mass is 501 g/mol. The SMILES string of the molecule is CC/C=C/C(=C\N=C(C)C1CN(Cc2ccccn2)C1)c1cccc(N/C(C=C(N)N)=C(\C)N)c1OC. The average Bonchev–Trinajstić information content (AvgIpc) is 2.85. The van der Waals surface area contributed by atoms with Gasteiger partial charge in [0.1, 0.15) is 5.75 Å². The summed E-state index contributed by atoms with van der Waals surface area (Å²) in [6.07, 6.45) is 10.5. The number of aliphatic imine (C=N–C) groups is 1. The minimum Gasteiger partial charge on any atom is -0.494 e. The third-order valence-electron chi connectivity index (χ3n) is 6.14. The third-order valence-corrected chi connectivity index (χ3v) is 6.14. The van der Waals surface area contributed by atoms with Crippen molar-refractivity contribution in [3.63, 3.8) is 0 Å². The number of allylic oxidation sites excluding steroid dienone is 5. The van der Waals surface area contributed by atoms with Crippen LogP contribution >= 0.6 is 0 Å². The number of anilines is 1. The zero-order chi connectivity index (χ0) is 26.8. The summed E-state index contributed by atoms with van der Waals surface area (Å²) < 4.78 is 5.84. The summed E-state index contributed by atoms with van der Waals surface area (Å²) in [6.45, 7) is 8.81. The number of benzene rings is 1. The van der Waals surface area contributed by atoms with Crippen molar-refractivity contribution in [1.29, 1.82) is 0 Å². The number of nitrogens with zero attached hydrogens (tertiary/aromatic N) is 3. The van der Waals surface area contributed by atoms with Gasteiger partial charge in [0.15, 0.2) is 0 Å². The van der Waals surface area contributed by atoms with Crippen LogP contribution < -0.4 is 27.3 Å². The van der Waals surface area contributed by atoms with Crippen molar-refractivity contribution in [3.8, 4) is 5.75 Å². The molecule has 1 fully saturated rings. The molecule has 3 rings (SSSR count). The lowest BCUT2D eigenvalue weighted by Gasteiger charge is -2.39. The van der Waals surface area contributed by atoms with Gasteiger partial charge < -0.3 is 27.3 Å². The summed E-state index contributed by atoms with van der Waals surface area (Å²) >= 11 is 0. The highest BCUT2D eigenvalue weighted by molar-refractivity contribution is 5.88. The Hall–Kier alpha value is -4.04. The molecular weight excluding hydrogens is 462 g/mol. The van der Waals surface area contributed by atoms with Gasteiger partial charge in [-0.15, -0.1) is 0 Å². The van der Waals surface area contributed by atoms with E-state index in [2.05, 4.69) is 47.3 Å². The molecule has 2 aromatic rings. The summed E-state index contributed by atoms with van der Waals surface area (Å²) in [5, 5.41) is 3.30. The van der Waals surface area contributed by atoms with Crippen LogP contribution in [0.4, 0.5) is 5.69 Å². The number of rotatable bonds is 11. The predicted molar refractivity (Wildman–Crippen MR) is 153 cm³/mol. The van der Waals surface area contributed by atoms with Gasteiger partial charge in [-0.3, -0.25) is 14.9 Å². The average molecular weight is 502 g/mol. The second kappa shape index (κ2) is 13.3. The smallest absolute Gasteiger partial charge is 0.150 e. The molecule has 8 heteroatoms. The Balaban J connectivity index is 1.83. The lowest BCUT2D eigenvalue weighted by Crippen LogP contribution is -2.49. The molecule has 196 valence electrons. The summed E-state index contributed by atoms with van der Waals surface area (Å²) in [5.41, 5.74) is 23.4. The topological polar surface area (TPSA) is 128 Å². The van der Waals surface area contributed by atoms with Gasteiger partial charge in [-0.1, -0.05) is 37.3 Å². The van der Waals surface area contributed by atoms with Gasteiger partial charge in [0, 0.05) is 66.6 Å². The summed E-state index contributed by atoms with van der Waals surface area (Å²) in [6, 6.07) is 11.9. The predicted octanol–water partition coefficient (Wildman–Crippen LogP) is 4.35. The summed E-state index contributed by atoms with van der Waals surface area (Å²) in [5.74, 6) is 1.27. The van der Waals surface area contributed by atoms with E-state index in [1.807, 2.05) is 42.7 Å². The maximum Gasteiger partial charge on any atom is 0.150 e. The maximum absolute atomic E-state index is 6.04. The van der Waals surface area contributed by atoms with Crippen molar-refractivity contribution in [2.24, 2.45) is 28.1 Å². The quantitative estimate of drug-likeness (QED) is 0.266. The number of para-hydroxylation sites is 1. The van der Waals surface area contributed by atoms with Crippen LogP contribution in [-0.4, -0.2) is 35.8 Å². The van der Waals surface area contributed by atoms with Crippen molar-refractivity contribution in [1.82, 2.24) is 9.88 Å².